The van der Waals surface area contributed by atoms with Gasteiger partial charge in [-0.05, 0) is 31.4 Å². The molecule has 0 aliphatic carbocycles. The van der Waals surface area contributed by atoms with Crippen LogP contribution in [0.5, 0.6) is 0 Å². The molecule has 5 nitrogen and oxygen atoms in total. The van der Waals surface area contributed by atoms with Gasteiger partial charge < -0.3 is 9.64 Å². The summed E-state index contributed by atoms with van der Waals surface area (Å²) in [5.74, 6) is -0.625. The Bertz CT molecular complexity index is 414. The Hall–Kier alpha value is -1.91. The van der Waals surface area contributed by atoms with E-state index in [4.69, 9.17) is 4.74 Å². The van der Waals surface area contributed by atoms with Gasteiger partial charge in [-0.3, -0.25) is 9.78 Å². The number of carbonyl (C=O) groups is 2. The van der Waals surface area contributed by atoms with Gasteiger partial charge in [0.05, 0.1) is 5.56 Å². The lowest BCUT2D eigenvalue weighted by atomic mass is 10.1. The van der Waals surface area contributed by atoms with Crippen LogP contribution in [0.3, 0.4) is 0 Å². The van der Waals surface area contributed by atoms with E-state index in [1.54, 1.807) is 23.2 Å². The molecule has 1 saturated heterocycles. The number of amides is 1. The molecule has 96 valence electrons. The summed E-state index contributed by atoms with van der Waals surface area (Å²) in [5, 5.41) is 0. The van der Waals surface area contributed by atoms with Gasteiger partial charge in [0.25, 0.3) is 5.91 Å². The van der Waals surface area contributed by atoms with Crippen molar-refractivity contribution >= 4 is 11.9 Å². The minimum atomic E-state index is -0.506. The van der Waals surface area contributed by atoms with E-state index in [1.807, 2.05) is 0 Å². The van der Waals surface area contributed by atoms with Crippen LogP contribution >= 0.6 is 0 Å². The number of nitrogens with zero attached hydrogens (tertiary/aromatic N) is 2. The Morgan fingerprint density at radius 1 is 1.28 bits per heavy atom. The van der Waals surface area contributed by atoms with Gasteiger partial charge in [0, 0.05) is 25.5 Å². The summed E-state index contributed by atoms with van der Waals surface area (Å²) < 4.78 is 4.97. The number of pyridine rings is 1. The van der Waals surface area contributed by atoms with Gasteiger partial charge in [0.15, 0.2) is 6.61 Å². The molecule has 0 N–H and O–H groups in total. The van der Waals surface area contributed by atoms with E-state index in [2.05, 4.69) is 4.98 Å². The number of likely N-dealkylation sites (tertiary alicyclic amines) is 1. The molecule has 18 heavy (non-hydrogen) atoms. The number of carbonyl (C=O) groups excluding carboxylic acids is 2. The molecule has 2 heterocycles. The van der Waals surface area contributed by atoms with Gasteiger partial charge in [-0.1, -0.05) is 0 Å². The molecule has 1 fully saturated rings. The third kappa shape index (κ3) is 3.29. The third-order valence-electron chi connectivity index (χ3n) is 2.93. The van der Waals surface area contributed by atoms with Crippen molar-refractivity contribution in [3.05, 3.63) is 30.1 Å². The molecule has 0 atom stereocenters. The van der Waals surface area contributed by atoms with Crippen LogP contribution in [0.1, 0.15) is 29.6 Å². The van der Waals surface area contributed by atoms with Gasteiger partial charge in [-0.15, -0.1) is 0 Å². The van der Waals surface area contributed by atoms with Crippen molar-refractivity contribution in [3.8, 4) is 0 Å². The molecular formula is C13H16N2O3. The summed E-state index contributed by atoms with van der Waals surface area (Å²) in [6.45, 7) is 1.35. The zero-order valence-electron chi connectivity index (χ0n) is 10.2. The Labute approximate surface area is 106 Å². The normalized spacial score (nSPS) is 15.2. The summed E-state index contributed by atoms with van der Waals surface area (Å²) in [6, 6.07) is 3.27. The molecular weight excluding hydrogens is 232 g/mol. The van der Waals surface area contributed by atoms with Crippen LogP contribution in [0.4, 0.5) is 0 Å². The van der Waals surface area contributed by atoms with Crippen LogP contribution in [0.2, 0.25) is 0 Å². The molecule has 0 saturated carbocycles. The number of ether oxygens (including phenoxy) is 1. The second-order valence-electron chi connectivity index (χ2n) is 4.26. The van der Waals surface area contributed by atoms with E-state index in [1.165, 1.54) is 12.6 Å². The van der Waals surface area contributed by atoms with Gasteiger partial charge in [-0.2, -0.15) is 0 Å². The third-order valence-corrected chi connectivity index (χ3v) is 2.93. The van der Waals surface area contributed by atoms with E-state index in [0.29, 0.717) is 5.56 Å². The first-order valence-corrected chi connectivity index (χ1v) is 6.12. The molecule has 2 rings (SSSR count). The van der Waals surface area contributed by atoms with Gasteiger partial charge in [0.2, 0.25) is 0 Å². The first-order valence-electron chi connectivity index (χ1n) is 6.12. The predicted octanol–water partition coefficient (Wildman–Crippen LogP) is 1.25. The average molecular weight is 248 g/mol. The summed E-state index contributed by atoms with van der Waals surface area (Å²) >= 11 is 0. The summed E-state index contributed by atoms with van der Waals surface area (Å²) in [5.41, 5.74) is 0.365. The summed E-state index contributed by atoms with van der Waals surface area (Å²) in [6.07, 6.45) is 6.23. The van der Waals surface area contributed by atoms with E-state index in [-0.39, 0.29) is 12.5 Å². The minimum absolute atomic E-state index is 0.119. The lowest BCUT2D eigenvalue weighted by molar-refractivity contribution is -0.135. The maximum absolute atomic E-state index is 11.8. The minimum Gasteiger partial charge on any atom is -0.452 e. The highest BCUT2D eigenvalue weighted by Gasteiger charge is 2.18. The lowest BCUT2D eigenvalue weighted by Crippen LogP contribution is -2.38. The monoisotopic (exact) mass is 248 g/mol. The Balaban J connectivity index is 1.80. The fraction of sp³-hybridized carbons (Fsp3) is 0.462. The second-order valence-corrected chi connectivity index (χ2v) is 4.26. The van der Waals surface area contributed by atoms with Crippen molar-refractivity contribution in [2.24, 2.45) is 0 Å². The Morgan fingerprint density at radius 3 is 2.72 bits per heavy atom. The van der Waals surface area contributed by atoms with Gasteiger partial charge in [-0.25, -0.2) is 4.79 Å². The first-order chi connectivity index (χ1) is 8.77. The van der Waals surface area contributed by atoms with Crippen molar-refractivity contribution < 1.29 is 14.3 Å². The maximum atomic E-state index is 11.8. The molecule has 1 amide bonds. The topological polar surface area (TPSA) is 59.5 Å². The van der Waals surface area contributed by atoms with Crippen molar-refractivity contribution in [3.63, 3.8) is 0 Å². The molecule has 1 aliphatic heterocycles. The van der Waals surface area contributed by atoms with E-state index >= 15 is 0 Å². The van der Waals surface area contributed by atoms with Crippen LogP contribution < -0.4 is 0 Å². The predicted molar refractivity (Wildman–Crippen MR) is 65.0 cm³/mol. The van der Waals surface area contributed by atoms with E-state index in [0.717, 1.165) is 25.9 Å². The molecule has 0 bridgehead atoms. The number of hydrogen-bond acceptors (Lipinski definition) is 4. The Kier molecular flexibility index (Phi) is 4.28. The van der Waals surface area contributed by atoms with Gasteiger partial charge >= 0.3 is 5.97 Å². The summed E-state index contributed by atoms with van der Waals surface area (Å²) in [4.78, 5) is 28.9. The zero-order chi connectivity index (χ0) is 12.8. The standard InChI is InChI=1S/C13H16N2O3/c16-12(15-7-2-1-3-8-15)10-18-13(17)11-5-4-6-14-9-11/h4-6,9H,1-3,7-8,10H2. The molecule has 1 aromatic heterocycles. The largest absolute Gasteiger partial charge is 0.452 e. The van der Waals surface area contributed by atoms with Crippen molar-refractivity contribution in [2.75, 3.05) is 19.7 Å². The van der Waals surface area contributed by atoms with Crippen LogP contribution in [-0.4, -0.2) is 41.5 Å². The fourth-order valence-corrected chi connectivity index (χ4v) is 1.93. The number of hydrogen-bond donors (Lipinski definition) is 0. The number of esters is 1. The summed E-state index contributed by atoms with van der Waals surface area (Å²) in [7, 11) is 0. The highest BCUT2D eigenvalue weighted by atomic mass is 16.5. The van der Waals surface area contributed by atoms with E-state index < -0.39 is 5.97 Å². The molecule has 0 unspecified atom stereocenters. The molecule has 0 spiro atoms. The fourth-order valence-electron chi connectivity index (χ4n) is 1.93. The highest BCUT2D eigenvalue weighted by molar-refractivity contribution is 5.90. The average Bonchev–Trinajstić information content (AvgIpc) is 2.46. The second kappa shape index (κ2) is 6.14. The van der Waals surface area contributed by atoms with Crippen molar-refractivity contribution in [1.82, 2.24) is 9.88 Å². The quantitative estimate of drug-likeness (QED) is 0.755. The molecule has 1 aliphatic rings. The van der Waals surface area contributed by atoms with Crippen LogP contribution in [0, 0.1) is 0 Å². The molecule has 0 radical (unpaired) electrons. The zero-order valence-corrected chi connectivity index (χ0v) is 10.2. The van der Waals surface area contributed by atoms with Crippen molar-refractivity contribution in [2.45, 2.75) is 19.3 Å². The molecule has 1 aromatic rings. The molecule has 5 heteroatoms. The van der Waals surface area contributed by atoms with E-state index in [9.17, 15) is 9.59 Å². The van der Waals surface area contributed by atoms with Gasteiger partial charge in [0.1, 0.15) is 0 Å². The number of aromatic nitrogens is 1. The van der Waals surface area contributed by atoms with Crippen LogP contribution in [0.25, 0.3) is 0 Å². The first kappa shape index (κ1) is 12.5. The number of rotatable bonds is 3. The highest BCUT2D eigenvalue weighted by Crippen LogP contribution is 2.09. The van der Waals surface area contributed by atoms with Crippen molar-refractivity contribution in [1.29, 1.82) is 0 Å². The maximum Gasteiger partial charge on any atom is 0.340 e. The SMILES string of the molecule is O=C(OCC(=O)N1CCCCC1)c1cccnc1. The Morgan fingerprint density at radius 2 is 2.06 bits per heavy atom. The lowest BCUT2D eigenvalue weighted by Gasteiger charge is -2.26. The van der Waals surface area contributed by atoms with Crippen LogP contribution in [0.15, 0.2) is 24.5 Å². The molecule has 0 aromatic carbocycles. The van der Waals surface area contributed by atoms with Crippen LogP contribution in [-0.2, 0) is 9.53 Å². The number of piperidine rings is 1. The smallest absolute Gasteiger partial charge is 0.340 e.